The highest BCUT2D eigenvalue weighted by Gasteiger charge is 2.54. The monoisotopic (exact) mass is 359 g/mol. The Bertz CT molecular complexity index is 630. The minimum atomic E-state index is -0.512. The van der Waals surface area contributed by atoms with E-state index in [2.05, 4.69) is 17.4 Å². The number of likely N-dealkylation sites (N-methyl/N-ethyl adjacent to an activating group) is 1. The molecule has 3 rings (SSSR count). The van der Waals surface area contributed by atoms with Gasteiger partial charge < -0.3 is 5.32 Å². The molecule has 26 heavy (non-hydrogen) atoms. The Balaban J connectivity index is 1.48. The summed E-state index contributed by atoms with van der Waals surface area (Å²) in [6.07, 6.45) is 5.78. The topological polar surface area (TPSA) is 81.7 Å². The molecule has 0 bridgehead atoms. The van der Waals surface area contributed by atoms with Gasteiger partial charge in [0.1, 0.15) is 6.04 Å². The van der Waals surface area contributed by atoms with Gasteiger partial charge in [0, 0.05) is 13.1 Å². The van der Waals surface area contributed by atoms with E-state index in [4.69, 9.17) is 5.21 Å². The van der Waals surface area contributed by atoms with Crippen LogP contribution in [0.4, 0.5) is 0 Å². The number of carbonyl (C=O) groups excluding carboxylic acids is 2. The van der Waals surface area contributed by atoms with Crippen molar-refractivity contribution in [2.24, 2.45) is 11.3 Å². The summed E-state index contributed by atoms with van der Waals surface area (Å²) in [5, 5.41) is 12.1. The van der Waals surface area contributed by atoms with Gasteiger partial charge in [0.15, 0.2) is 0 Å². The van der Waals surface area contributed by atoms with E-state index < -0.39 is 17.9 Å². The molecule has 1 aliphatic carbocycles. The van der Waals surface area contributed by atoms with Gasteiger partial charge in [0.25, 0.3) is 0 Å². The van der Waals surface area contributed by atoms with Crippen molar-refractivity contribution in [3.63, 3.8) is 0 Å². The number of carbonyl (C=O) groups is 2. The van der Waals surface area contributed by atoms with E-state index in [9.17, 15) is 9.59 Å². The van der Waals surface area contributed by atoms with Crippen molar-refractivity contribution in [2.45, 2.75) is 44.6 Å². The number of hydrogen-bond acceptors (Lipinski definition) is 4. The van der Waals surface area contributed by atoms with Gasteiger partial charge in [-0.3, -0.25) is 19.7 Å². The third-order valence-corrected chi connectivity index (χ3v) is 5.80. The normalized spacial score (nSPS) is 24.2. The molecule has 1 heterocycles. The number of amides is 2. The van der Waals surface area contributed by atoms with Gasteiger partial charge in [-0.15, -0.1) is 0 Å². The first-order chi connectivity index (χ1) is 12.5. The Morgan fingerprint density at radius 3 is 2.58 bits per heavy atom. The van der Waals surface area contributed by atoms with Crippen LogP contribution in [-0.4, -0.2) is 48.1 Å². The van der Waals surface area contributed by atoms with Crippen molar-refractivity contribution in [2.75, 3.05) is 20.1 Å². The summed E-state index contributed by atoms with van der Waals surface area (Å²) in [5.41, 5.74) is 3.23. The van der Waals surface area contributed by atoms with Crippen LogP contribution in [0.3, 0.4) is 0 Å². The zero-order valence-electron chi connectivity index (χ0n) is 15.4. The summed E-state index contributed by atoms with van der Waals surface area (Å²) in [6, 6.07) is 9.80. The van der Waals surface area contributed by atoms with Crippen LogP contribution in [0.25, 0.3) is 0 Å². The SMILES string of the molecule is CN1CC2(CC2)C[C@H](C(=O)NO)[C@H]1C(=O)NCCCCc1ccccc1. The highest BCUT2D eigenvalue weighted by atomic mass is 16.5. The molecular formula is C20H29N3O3. The van der Waals surface area contributed by atoms with Crippen molar-refractivity contribution < 1.29 is 14.8 Å². The molecule has 1 saturated heterocycles. The molecular weight excluding hydrogens is 330 g/mol. The Morgan fingerprint density at radius 2 is 1.92 bits per heavy atom. The van der Waals surface area contributed by atoms with Gasteiger partial charge >= 0.3 is 0 Å². The number of likely N-dealkylation sites (tertiary alicyclic amines) is 1. The summed E-state index contributed by atoms with van der Waals surface area (Å²) in [5.74, 6) is -1.06. The third-order valence-electron chi connectivity index (χ3n) is 5.80. The van der Waals surface area contributed by atoms with Gasteiger partial charge in [-0.05, 0) is 56.6 Å². The lowest BCUT2D eigenvalue weighted by atomic mass is 9.80. The average Bonchev–Trinajstić information content (AvgIpc) is 3.39. The van der Waals surface area contributed by atoms with Crippen LogP contribution in [0.2, 0.25) is 0 Å². The molecule has 0 radical (unpaired) electrons. The van der Waals surface area contributed by atoms with Crippen LogP contribution in [0.5, 0.6) is 0 Å². The van der Waals surface area contributed by atoms with Crippen molar-refractivity contribution in [1.82, 2.24) is 15.7 Å². The van der Waals surface area contributed by atoms with Crippen molar-refractivity contribution >= 4 is 11.8 Å². The first-order valence-electron chi connectivity index (χ1n) is 9.50. The van der Waals surface area contributed by atoms with Gasteiger partial charge in [-0.2, -0.15) is 0 Å². The van der Waals surface area contributed by atoms with Crippen LogP contribution in [0, 0.1) is 11.3 Å². The molecule has 2 aliphatic rings. The van der Waals surface area contributed by atoms with E-state index >= 15 is 0 Å². The molecule has 0 unspecified atom stereocenters. The number of hydroxylamine groups is 1. The third kappa shape index (κ3) is 4.43. The Labute approximate surface area is 154 Å². The maximum Gasteiger partial charge on any atom is 0.248 e. The van der Waals surface area contributed by atoms with Crippen molar-refractivity contribution in [1.29, 1.82) is 0 Å². The molecule has 2 fully saturated rings. The molecule has 6 nitrogen and oxygen atoms in total. The van der Waals surface area contributed by atoms with Gasteiger partial charge in [0.05, 0.1) is 5.92 Å². The summed E-state index contributed by atoms with van der Waals surface area (Å²) < 4.78 is 0. The fraction of sp³-hybridized carbons (Fsp3) is 0.600. The number of piperidine rings is 1. The number of unbranched alkanes of at least 4 members (excludes halogenated alkanes) is 1. The smallest absolute Gasteiger partial charge is 0.248 e. The van der Waals surface area contributed by atoms with Crippen LogP contribution in [0.1, 0.15) is 37.7 Å². The molecule has 2 amide bonds. The number of rotatable bonds is 7. The lowest BCUT2D eigenvalue weighted by Gasteiger charge is -2.41. The van der Waals surface area contributed by atoms with E-state index in [1.165, 1.54) is 5.56 Å². The summed E-state index contributed by atoms with van der Waals surface area (Å²) >= 11 is 0. The van der Waals surface area contributed by atoms with Crippen LogP contribution in [0.15, 0.2) is 30.3 Å². The molecule has 142 valence electrons. The second kappa shape index (κ2) is 8.18. The fourth-order valence-electron chi connectivity index (χ4n) is 4.23. The zero-order valence-corrected chi connectivity index (χ0v) is 15.4. The first-order valence-corrected chi connectivity index (χ1v) is 9.50. The summed E-state index contributed by atoms with van der Waals surface area (Å²) in [7, 11) is 1.90. The summed E-state index contributed by atoms with van der Waals surface area (Å²) in [6.45, 7) is 1.45. The van der Waals surface area contributed by atoms with Crippen molar-refractivity contribution in [3.8, 4) is 0 Å². The number of hydrogen-bond donors (Lipinski definition) is 3. The van der Waals surface area contributed by atoms with E-state index in [1.807, 2.05) is 30.1 Å². The van der Waals surface area contributed by atoms with Gasteiger partial charge in [-0.1, -0.05) is 30.3 Å². The second-order valence-electron chi connectivity index (χ2n) is 7.88. The largest absolute Gasteiger partial charge is 0.355 e. The number of aryl methyl sites for hydroxylation is 1. The van der Waals surface area contributed by atoms with E-state index in [0.29, 0.717) is 13.0 Å². The highest BCUT2D eigenvalue weighted by Crippen LogP contribution is 2.54. The summed E-state index contributed by atoms with van der Waals surface area (Å²) in [4.78, 5) is 26.8. The van der Waals surface area contributed by atoms with Gasteiger partial charge in [-0.25, -0.2) is 5.48 Å². The van der Waals surface area contributed by atoms with Crippen LogP contribution < -0.4 is 10.8 Å². The molecule has 3 N–H and O–H groups in total. The van der Waals surface area contributed by atoms with Crippen LogP contribution >= 0.6 is 0 Å². The predicted octanol–water partition coefficient (Wildman–Crippen LogP) is 1.73. The Hall–Kier alpha value is -1.92. The molecule has 1 aromatic carbocycles. The molecule has 6 heteroatoms. The minimum absolute atomic E-state index is 0.115. The molecule has 1 saturated carbocycles. The van der Waals surface area contributed by atoms with Crippen LogP contribution in [-0.2, 0) is 16.0 Å². The fourth-order valence-corrected chi connectivity index (χ4v) is 4.23. The number of nitrogens with one attached hydrogen (secondary N) is 2. The first kappa shape index (κ1) is 18.9. The van der Waals surface area contributed by atoms with E-state index in [0.717, 1.165) is 38.6 Å². The minimum Gasteiger partial charge on any atom is -0.355 e. The predicted molar refractivity (Wildman–Crippen MR) is 98.5 cm³/mol. The second-order valence-corrected chi connectivity index (χ2v) is 7.88. The van der Waals surface area contributed by atoms with Gasteiger partial charge in [0.2, 0.25) is 11.8 Å². The molecule has 0 aromatic heterocycles. The highest BCUT2D eigenvalue weighted by molar-refractivity contribution is 5.90. The molecule has 1 aliphatic heterocycles. The standard InChI is InChI=1S/C20H29N3O3/c1-23-14-20(10-11-20)13-16(18(24)22-26)17(23)19(25)21-12-6-5-9-15-7-3-2-4-8-15/h2-4,7-8,16-17,26H,5-6,9-14H2,1H3,(H,21,25)(H,22,24)/t16-,17-/m0/s1. The van der Waals surface area contributed by atoms with Crippen molar-refractivity contribution in [3.05, 3.63) is 35.9 Å². The lowest BCUT2D eigenvalue weighted by Crippen LogP contribution is -2.58. The molecule has 1 aromatic rings. The number of benzene rings is 1. The average molecular weight is 359 g/mol. The van der Waals surface area contributed by atoms with E-state index in [1.54, 1.807) is 5.48 Å². The Morgan fingerprint density at radius 1 is 1.19 bits per heavy atom. The number of nitrogens with zero attached hydrogens (tertiary/aromatic N) is 1. The quantitative estimate of drug-likeness (QED) is 0.393. The molecule has 2 atom stereocenters. The zero-order chi connectivity index (χ0) is 18.6. The maximum atomic E-state index is 12.7. The van der Waals surface area contributed by atoms with E-state index in [-0.39, 0.29) is 11.3 Å². The lowest BCUT2D eigenvalue weighted by molar-refractivity contribution is -0.145. The molecule has 1 spiro atoms. The maximum absolute atomic E-state index is 12.7. The Kier molecular flexibility index (Phi) is 5.94.